The van der Waals surface area contributed by atoms with Gasteiger partial charge in [0.2, 0.25) is 0 Å². The Balaban J connectivity index is 2.02. The molecular formula is C17H21NO2. The van der Waals surface area contributed by atoms with Crippen LogP contribution in [-0.4, -0.2) is 14.2 Å². The van der Waals surface area contributed by atoms with Crippen molar-refractivity contribution in [1.29, 1.82) is 0 Å². The summed E-state index contributed by atoms with van der Waals surface area (Å²) in [6, 6.07) is 16.4. The zero-order valence-electron chi connectivity index (χ0n) is 12.2. The molecule has 3 nitrogen and oxygen atoms in total. The van der Waals surface area contributed by atoms with E-state index in [-0.39, 0.29) is 6.04 Å². The molecule has 0 radical (unpaired) electrons. The second kappa shape index (κ2) is 6.96. The SMILES string of the molecule is COc1cccc(CN[C@H](C)c2ccccc2OC)c1. The van der Waals surface area contributed by atoms with E-state index >= 15 is 0 Å². The average Bonchev–Trinajstić information content (AvgIpc) is 2.52. The molecule has 1 atom stereocenters. The van der Waals surface area contributed by atoms with Crippen LogP contribution in [0.1, 0.15) is 24.1 Å². The zero-order valence-corrected chi connectivity index (χ0v) is 12.2. The van der Waals surface area contributed by atoms with E-state index in [0.29, 0.717) is 0 Å². The minimum absolute atomic E-state index is 0.220. The molecule has 0 unspecified atom stereocenters. The molecule has 2 aromatic carbocycles. The summed E-state index contributed by atoms with van der Waals surface area (Å²) in [6.07, 6.45) is 0. The van der Waals surface area contributed by atoms with Crippen LogP contribution in [0.4, 0.5) is 0 Å². The fourth-order valence-electron chi connectivity index (χ4n) is 2.19. The summed E-state index contributed by atoms with van der Waals surface area (Å²) in [4.78, 5) is 0. The molecule has 0 saturated heterocycles. The third-order valence-electron chi connectivity index (χ3n) is 3.35. The van der Waals surface area contributed by atoms with Crippen LogP contribution in [-0.2, 0) is 6.54 Å². The van der Waals surface area contributed by atoms with Crippen molar-refractivity contribution in [3.8, 4) is 11.5 Å². The van der Waals surface area contributed by atoms with Crippen LogP contribution in [0.5, 0.6) is 11.5 Å². The molecule has 0 aliphatic carbocycles. The van der Waals surface area contributed by atoms with E-state index in [0.717, 1.165) is 23.6 Å². The number of para-hydroxylation sites is 1. The van der Waals surface area contributed by atoms with Crippen molar-refractivity contribution < 1.29 is 9.47 Å². The number of methoxy groups -OCH3 is 2. The van der Waals surface area contributed by atoms with Crippen molar-refractivity contribution in [3.63, 3.8) is 0 Å². The van der Waals surface area contributed by atoms with Crippen LogP contribution in [0, 0.1) is 0 Å². The summed E-state index contributed by atoms with van der Waals surface area (Å²) in [7, 11) is 3.39. The lowest BCUT2D eigenvalue weighted by Gasteiger charge is -2.17. The number of hydrogen-bond acceptors (Lipinski definition) is 3. The van der Waals surface area contributed by atoms with Crippen molar-refractivity contribution in [3.05, 3.63) is 59.7 Å². The van der Waals surface area contributed by atoms with Gasteiger partial charge in [0.05, 0.1) is 14.2 Å². The third-order valence-corrected chi connectivity index (χ3v) is 3.35. The fourth-order valence-corrected chi connectivity index (χ4v) is 2.19. The molecule has 0 aliphatic heterocycles. The highest BCUT2D eigenvalue weighted by Gasteiger charge is 2.10. The van der Waals surface area contributed by atoms with Crippen LogP contribution in [0.25, 0.3) is 0 Å². The van der Waals surface area contributed by atoms with Gasteiger partial charge in [-0.2, -0.15) is 0 Å². The van der Waals surface area contributed by atoms with Gasteiger partial charge in [-0.1, -0.05) is 30.3 Å². The predicted molar refractivity (Wildman–Crippen MR) is 81.2 cm³/mol. The lowest BCUT2D eigenvalue weighted by molar-refractivity contribution is 0.401. The molecule has 20 heavy (non-hydrogen) atoms. The van der Waals surface area contributed by atoms with Gasteiger partial charge >= 0.3 is 0 Å². The Morgan fingerprint density at radius 3 is 2.55 bits per heavy atom. The quantitative estimate of drug-likeness (QED) is 0.871. The number of hydrogen-bond donors (Lipinski definition) is 1. The molecule has 106 valence electrons. The summed E-state index contributed by atoms with van der Waals surface area (Å²) in [6.45, 7) is 2.93. The summed E-state index contributed by atoms with van der Waals surface area (Å²) in [5.41, 5.74) is 2.36. The lowest BCUT2D eigenvalue weighted by atomic mass is 10.1. The van der Waals surface area contributed by atoms with Crippen LogP contribution in [0.15, 0.2) is 48.5 Å². The molecule has 0 bridgehead atoms. The van der Waals surface area contributed by atoms with Gasteiger partial charge in [-0.15, -0.1) is 0 Å². The van der Waals surface area contributed by atoms with E-state index in [9.17, 15) is 0 Å². The van der Waals surface area contributed by atoms with Crippen molar-refractivity contribution >= 4 is 0 Å². The van der Waals surface area contributed by atoms with E-state index in [4.69, 9.17) is 9.47 Å². The Hall–Kier alpha value is -2.00. The Kier molecular flexibility index (Phi) is 5.02. The van der Waals surface area contributed by atoms with Crippen molar-refractivity contribution in [1.82, 2.24) is 5.32 Å². The molecule has 0 saturated carbocycles. The van der Waals surface area contributed by atoms with Crippen molar-refractivity contribution in [2.45, 2.75) is 19.5 Å². The summed E-state index contributed by atoms with van der Waals surface area (Å²) in [5.74, 6) is 1.80. The van der Waals surface area contributed by atoms with Gasteiger partial charge < -0.3 is 14.8 Å². The van der Waals surface area contributed by atoms with Crippen LogP contribution >= 0.6 is 0 Å². The molecule has 2 aromatic rings. The van der Waals surface area contributed by atoms with Gasteiger partial charge in [0, 0.05) is 18.2 Å². The first-order valence-electron chi connectivity index (χ1n) is 6.74. The van der Waals surface area contributed by atoms with Gasteiger partial charge in [-0.3, -0.25) is 0 Å². The minimum Gasteiger partial charge on any atom is -0.497 e. The molecule has 2 rings (SSSR count). The molecule has 0 fully saturated rings. The number of nitrogens with one attached hydrogen (secondary N) is 1. The molecule has 0 spiro atoms. The highest BCUT2D eigenvalue weighted by Crippen LogP contribution is 2.24. The molecule has 0 heterocycles. The molecule has 0 aromatic heterocycles. The number of benzene rings is 2. The maximum absolute atomic E-state index is 5.40. The summed E-state index contributed by atoms with van der Waals surface area (Å²) in [5, 5.41) is 3.51. The Morgan fingerprint density at radius 2 is 1.80 bits per heavy atom. The highest BCUT2D eigenvalue weighted by molar-refractivity contribution is 5.35. The topological polar surface area (TPSA) is 30.5 Å². The first kappa shape index (κ1) is 14.4. The molecule has 3 heteroatoms. The minimum atomic E-state index is 0.220. The standard InChI is InChI=1S/C17H21NO2/c1-13(16-9-4-5-10-17(16)20-3)18-12-14-7-6-8-15(11-14)19-2/h4-11,13,18H,12H2,1-3H3/t13-/m1/s1. The Bertz CT molecular complexity index is 554. The Labute approximate surface area is 120 Å². The van der Waals surface area contributed by atoms with Crippen molar-refractivity contribution in [2.24, 2.45) is 0 Å². The molecular weight excluding hydrogens is 250 g/mol. The van der Waals surface area contributed by atoms with Crippen molar-refractivity contribution in [2.75, 3.05) is 14.2 Å². The van der Waals surface area contributed by atoms with E-state index < -0.39 is 0 Å². The van der Waals surface area contributed by atoms with Gasteiger partial charge in [0.15, 0.2) is 0 Å². The normalized spacial score (nSPS) is 11.9. The van der Waals surface area contributed by atoms with Gasteiger partial charge in [-0.25, -0.2) is 0 Å². The van der Waals surface area contributed by atoms with Crippen LogP contribution < -0.4 is 14.8 Å². The van der Waals surface area contributed by atoms with Gasteiger partial charge in [-0.05, 0) is 30.7 Å². The molecule has 1 N–H and O–H groups in total. The Morgan fingerprint density at radius 1 is 1.00 bits per heavy atom. The maximum atomic E-state index is 5.40. The van der Waals surface area contributed by atoms with Crippen LogP contribution in [0.3, 0.4) is 0 Å². The lowest BCUT2D eigenvalue weighted by Crippen LogP contribution is -2.18. The van der Waals surface area contributed by atoms with E-state index in [1.807, 2.05) is 36.4 Å². The molecule has 0 aliphatic rings. The highest BCUT2D eigenvalue weighted by atomic mass is 16.5. The second-order valence-electron chi connectivity index (χ2n) is 4.70. The largest absolute Gasteiger partial charge is 0.497 e. The first-order chi connectivity index (χ1) is 9.74. The average molecular weight is 271 g/mol. The summed E-state index contributed by atoms with van der Waals surface area (Å²) < 4.78 is 10.6. The maximum Gasteiger partial charge on any atom is 0.123 e. The van der Waals surface area contributed by atoms with Crippen LogP contribution in [0.2, 0.25) is 0 Å². The zero-order chi connectivity index (χ0) is 14.4. The van der Waals surface area contributed by atoms with E-state index in [1.54, 1.807) is 14.2 Å². The second-order valence-corrected chi connectivity index (χ2v) is 4.70. The third kappa shape index (κ3) is 3.52. The predicted octanol–water partition coefficient (Wildman–Crippen LogP) is 3.55. The van der Waals surface area contributed by atoms with Gasteiger partial charge in [0.25, 0.3) is 0 Å². The number of rotatable bonds is 6. The fraction of sp³-hybridized carbons (Fsp3) is 0.294. The monoisotopic (exact) mass is 271 g/mol. The smallest absolute Gasteiger partial charge is 0.123 e. The molecule has 0 amide bonds. The van der Waals surface area contributed by atoms with Gasteiger partial charge in [0.1, 0.15) is 11.5 Å². The van der Waals surface area contributed by atoms with E-state index in [2.05, 4.69) is 24.4 Å². The number of ether oxygens (including phenoxy) is 2. The first-order valence-corrected chi connectivity index (χ1v) is 6.74. The van der Waals surface area contributed by atoms with E-state index in [1.165, 1.54) is 5.56 Å². The summed E-state index contributed by atoms with van der Waals surface area (Å²) >= 11 is 0.